The second-order valence-corrected chi connectivity index (χ2v) is 8.39. The van der Waals surface area contributed by atoms with Gasteiger partial charge in [-0.05, 0) is 61.4 Å². The van der Waals surface area contributed by atoms with Crippen LogP contribution in [0.4, 0.5) is 8.78 Å². The van der Waals surface area contributed by atoms with E-state index in [1.165, 1.54) is 17.0 Å². The van der Waals surface area contributed by atoms with Crippen LogP contribution in [-0.4, -0.2) is 27.7 Å². The van der Waals surface area contributed by atoms with Crippen molar-refractivity contribution in [2.45, 2.75) is 32.5 Å². The van der Waals surface area contributed by atoms with Crippen molar-refractivity contribution >= 4 is 5.91 Å². The number of carbonyl (C=O) groups is 1. The van der Waals surface area contributed by atoms with Crippen LogP contribution < -0.4 is 9.47 Å². The molecule has 0 saturated carbocycles. The lowest BCUT2D eigenvalue weighted by atomic mass is 9.92. The van der Waals surface area contributed by atoms with Crippen LogP contribution >= 0.6 is 0 Å². The Kier molecular flexibility index (Phi) is 4.63. The first-order valence-corrected chi connectivity index (χ1v) is 10.1. The van der Waals surface area contributed by atoms with E-state index in [2.05, 4.69) is 4.98 Å². The van der Waals surface area contributed by atoms with Crippen molar-refractivity contribution in [1.29, 1.82) is 0 Å². The molecule has 1 aromatic heterocycles. The monoisotopic (exact) mass is 438 g/mol. The quantitative estimate of drug-likeness (QED) is 0.663. The van der Waals surface area contributed by atoms with E-state index in [9.17, 15) is 9.90 Å². The molecule has 2 aliphatic rings. The van der Waals surface area contributed by atoms with E-state index < -0.39 is 17.2 Å². The normalized spacial score (nSPS) is 14.8. The second kappa shape index (κ2) is 7.27. The average molecular weight is 438 g/mol. The average Bonchev–Trinajstić information content (AvgIpc) is 3.34. The van der Waals surface area contributed by atoms with Gasteiger partial charge in [0.15, 0.2) is 11.5 Å². The SMILES string of the molecule is CC(C)(O)c1cc(-c2cc(F)c(CN3Cc4ncccc4C3=O)c(F)c2)cc2c1OCO2. The minimum absolute atomic E-state index is 0.00460. The molecule has 5 rings (SSSR count). The highest BCUT2D eigenvalue weighted by molar-refractivity contribution is 5.97. The van der Waals surface area contributed by atoms with E-state index in [4.69, 9.17) is 9.47 Å². The molecule has 2 aliphatic heterocycles. The van der Waals surface area contributed by atoms with Crippen LogP contribution in [0.5, 0.6) is 11.5 Å². The van der Waals surface area contributed by atoms with Crippen molar-refractivity contribution in [2.75, 3.05) is 6.79 Å². The summed E-state index contributed by atoms with van der Waals surface area (Å²) in [6.45, 7) is 3.19. The first-order chi connectivity index (χ1) is 15.2. The molecule has 32 heavy (non-hydrogen) atoms. The highest BCUT2D eigenvalue weighted by Gasteiger charge is 2.31. The number of benzene rings is 2. The van der Waals surface area contributed by atoms with Crippen molar-refractivity contribution < 1.29 is 28.2 Å². The van der Waals surface area contributed by atoms with E-state index in [-0.39, 0.29) is 36.9 Å². The fourth-order valence-corrected chi connectivity index (χ4v) is 4.05. The molecule has 3 aromatic rings. The molecule has 2 aromatic carbocycles. The second-order valence-electron chi connectivity index (χ2n) is 8.39. The smallest absolute Gasteiger partial charge is 0.256 e. The molecule has 0 radical (unpaired) electrons. The minimum atomic E-state index is -1.25. The summed E-state index contributed by atoms with van der Waals surface area (Å²) in [5, 5.41) is 10.5. The van der Waals surface area contributed by atoms with Gasteiger partial charge < -0.3 is 19.5 Å². The summed E-state index contributed by atoms with van der Waals surface area (Å²) in [5.41, 5.74) is 0.816. The number of fused-ring (bicyclic) bond motifs is 2. The largest absolute Gasteiger partial charge is 0.454 e. The first kappa shape index (κ1) is 20.4. The maximum atomic E-state index is 15.0. The third-order valence-corrected chi connectivity index (χ3v) is 5.70. The van der Waals surface area contributed by atoms with Gasteiger partial charge in [0.25, 0.3) is 5.91 Å². The summed E-state index contributed by atoms with van der Waals surface area (Å²) in [6.07, 6.45) is 1.58. The van der Waals surface area contributed by atoms with Gasteiger partial charge in [0, 0.05) is 17.3 Å². The van der Waals surface area contributed by atoms with Gasteiger partial charge in [-0.3, -0.25) is 9.78 Å². The Hall–Kier alpha value is -3.52. The van der Waals surface area contributed by atoms with Gasteiger partial charge in [0.2, 0.25) is 6.79 Å². The molecule has 0 bridgehead atoms. The fraction of sp³-hybridized carbons (Fsp3) is 0.250. The van der Waals surface area contributed by atoms with Crippen LogP contribution in [0.25, 0.3) is 11.1 Å². The van der Waals surface area contributed by atoms with Crippen LogP contribution in [0.15, 0.2) is 42.6 Å². The van der Waals surface area contributed by atoms with Crippen molar-refractivity contribution in [2.24, 2.45) is 0 Å². The first-order valence-electron chi connectivity index (χ1n) is 10.1. The summed E-state index contributed by atoms with van der Waals surface area (Å²) in [6, 6.07) is 9.00. The van der Waals surface area contributed by atoms with E-state index in [0.29, 0.717) is 33.9 Å². The number of pyridine rings is 1. The molecule has 0 atom stereocenters. The van der Waals surface area contributed by atoms with Gasteiger partial charge in [0.1, 0.15) is 11.6 Å². The maximum Gasteiger partial charge on any atom is 0.256 e. The van der Waals surface area contributed by atoms with Gasteiger partial charge in [-0.15, -0.1) is 0 Å². The fourth-order valence-electron chi connectivity index (χ4n) is 4.05. The van der Waals surface area contributed by atoms with E-state index in [1.807, 2.05) is 0 Å². The van der Waals surface area contributed by atoms with Gasteiger partial charge >= 0.3 is 0 Å². The Bertz CT molecular complexity index is 1230. The molecule has 1 N–H and O–H groups in total. The Balaban J connectivity index is 1.49. The number of halogens is 2. The lowest BCUT2D eigenvalue weighted by molar-refractivity contribution is 0.0742. The Morgan fingerprint density at radius 2 is 1.84 bits per heavy atom. The molecule has 0 aliphatic carbocycles. The van der Waals surface area contributed by atoms with Crippen LogP contribution in [0.1, 0.15) is 41.0 Å². The van der Waals surface area contributed by atoms with Crippen molar-refractivity contribution in [3.8, 4) is 22.6 Å². The third kappa shape index (κ3) is 3.36. The molecule has 0 spiro atoms. The summed E-state index contributed by atoms with van der Waals surface area (Å²) < 4.78 is 40.9. The highest BCUT2D eigenvalue weighted by atomic mass is 19.1. The topological polar surface area (TPSA) is 71.9 Å². The number of hydrogen-bond acceptors (Lipinski definition) is 5. The number of hydrogen-bond donors (Lipinski definition) is 1. The van der Waals surface area contributed by atoms with Crippen LogP contribution in [0.3, 0.4) is 0 Å². The molecule has 8 heteroatoms. The molecule has 3 heterocycles. The summed E-state index contributed by atoms with van der Waals surface area (Å²) in [4.78, 5) is 18.1. The van der Waals surface area contributed by atoms with Gasteiger partial charge in [0.05, 0.1) is 29.9 Å². The van der Waals surface area contributed by atoms with E-state index in [0.717, 1.165) is 0 Å². The molecule has 1 amide bonds. The van der Waals surface area contributed by atoms with Gasteiger partial charge in [-0.2, -0.15) is 0 Å². The standard InChI is InChI=1S/C24H20F2N2O4/c1-24(2,30)17-6-13(9-21-22(17)32-12-31-21)14-7-18(25)16(19(26)8-14)10-28-11-20-15(23(28)29)4-3-5-27-20/h3-9,30H,10-12H2,1-2H3. The molecule has 0 saturated heterocycles. The summed E-state index contributed by atoms with van der Waals surface area (Å²) in [5.74, 6) is -1.02. The number of aliphatic hydroxyl groups is 1. The Labute approximate surface area is 183 Å². The lowest BCUT2D eigenvalue weighted by Gasteiger charge is -2.21. The zero-order valence-electron chi connectivity index (χ0n) is 17.5. The number of ether oxygens (including phenoxy) is 2. The van der Waals surface area contributed by atoms with Crippen molar-refractivity contribution in [3.63, 3.8) is 0 Å². The summed E-state index contributed by atoms with van der Waals surface area (Å²) >= 11 is 0. The van der Waals surface area contributed by atoms with E-state index >= 15 is 8.78 Å². The number of amides is 1. The van der Waals surface area contributed by atoms with Gasteiger partial charge in [-0.1, -0.05) is 0 Å². The predicted octanol–water partition coefficient (Wildman–Crippen LogP) is 4.14. The van der Waals surface area contributed by atoms with Crippen molar-refractivity contribution in [1.82, 2.24) is 9.88 Å². The molecular weight excluding hydrogens is 418 g/mol. The summed E-state index contributed by atoms with van der Waals surface area (Å²) in [7, 11) is 0. The van der Waals surface area contributed by atoms with Crippen LogP contribution in [0, 0.1) is 11.6 Å². The number of aromatic nitrogens is 1. The predicted molar refractivity (Wildman–Crippen MR) is 111 cm³/mol. The lowest BCUT2D eigenvalue weighted by Crippen LogP contribution is -2.24. The van der Waals surface area contributed by atoms with E-state index in [1.54, 1.807) is 44.3 Å². The zero-order chi connectivity index (χ0) is 22.6. The highest BCUT2D eigenvalue weighted by Crippen LogP contribution is 2.44. The van der Waals surface area contributed by atoms with Crippen LogP contribution in [-0.2, 0) is 18.7 Å². The third-order valence-electron chi connectivity index (χ3n) is 5.70. The number of nitrogens with zero attached hydrogens (tertiary/aromatic N) is 2. The number of rotatable bonds is 4. The molecule has 6 nitrogen and oxygen atoms in total. The van der Waals surface area contributed by atoms with Crippen molar-refractivity contribution in [3.05, 3.63) is 76.6 Å². The van der Waals surface area contributed by atoms with Crippen LogP contribution in [0.2, 0.25) is 0 Å². The molecule has 0 fully saturated rings. The number of carbonyl (C=O) groups excluding carboxylic acids is 1. The molecule has 164 valence electrons. The molecular formula is C24H20F2N2O4. The van der Waals surface area contributed by atoms with Gasteiger partial charge in [-0.25, -0.2) is 8.78 Å². The Morgan fingerprint density at radius 1 is 1.12 bits per heavy atom. The minimum Gasteiger partial charge on any atom is -0.454 e. The zero-order valence-corrected chi connectivity index (χ0v) is 17.5. The molecule has 0 unspecified atom stereocenters. The maximum absolute atomic E-state index is 15.0. The Morgan fingerprint density at radius 3 is 2.53 bits per heavy atom.